The molecule has 0 radical (unpaired) electrons. The summed E-state index contributed by atoms with van der Waals surface area (Å²) in [6, 6.07) is 0. The predicted octanol–water partition coefficient (Wildman–Crippen LogP) is 2.69. The minimum Gasteiger partial charge on any atom is -0.478 e. The number of hydrogen-bond donors (Lipinski definition) is 3. The lowest BCUT2D eigenvalue weighted by Gasteiger charge is -2.49. The molecule has 2 atom stereocenters. The first-order chi connectivity index (χ1) is 14.5. The van der Waals surface area contributed by atoms with Crippen LogP contribution < -0.4 is 0 Å². The lowest BCUT2D eigenvalue weighted by molar-refractivity contribution is -0.134. The van der Waals surface area contributed by atoms with Gasteiger partial charge in [-0.1, -0.05) is 19.9 Å². The predicted molar refractivity (Wildman–Crippen MR) is 112 cm³/mol. The van der Waals surface area contributed by atoms with Crippen LogP contribution in [-0.2, 0) is 14.3 Å². The molecule has 7 nitrogen and oxygen atoms in total. The summed E-state index contributed by atoms with van der Waals surface area (Å²) in [4.78, 5) is 21.4. The maximum atomic E-state index is 14.7. The molecule has 8 heteroatoms. The summed E-state index contributed by atoms with van der Waals surface area (Å²) in [5, 5.41) is 27.5. The molecule has 31 heavy (non-hydrogen) atoms. The lowest BCUT2D eigenvalue weighted by Crippen LogP contribution is -2.54. The molecular formula is C23H30FNO6. The van der Waals surface area contributed by atoms with Crippen LogP contribution >= 0.6 is 0 Å². The molecule has 0 bridgehead atoms. The summed E-state index contributed by atoms with van der Waals surface area (Å²) in [5.41, 5.74) is 1.04. The molecule has 2 aliphatic heterocycles. The van der Waals surface area contributed by atoms with Crippen molar-refractivity contribution < 1.29 is 34.0 Å². The number of carboxylic acids is 2. The number of carboxylic acid groups (broad SMARTS) is 2. The van der Waals surface area contributed by atoms with Gasteiger partial charge in [0.05, 0.1) is 12.2 Å². The van der Waals surface area contributed by atoms with Crippen LogP contribution in [0.25, 0.3) is 0 Å². The Bertz CT molecular complexity index is 862. The molecule has 1 saturated heterocycles. The van der Waals surface area contributed by atoms with Crippen molar-refractivity contribution in [2.24, 2.45) is 11.3 Å². The van der Waals surface area contributed by atoms with E-state index in [9.17, 15) is 19.1 Å². The zero-order chi connectivity index (χ0) is 23.0. The average Bonchev–Trinajstić information content (AvgIpc) is 3.22. The van der Waals surface area contributed by atoms with Crippen molar-refractivity contribution >= 4 is 11.9 Å². The molecule has 170 valence electrons. The highest BCUT2D eigenvalue weighted by molar-refractivity contribution is 5.89. The van der Waals surface area contributed by atoms with Crippen molar-refractivity contribution in [1.29, 1.82) is 0 Å². The number of piperidine rings is 1. The van der Waals surface area contributed by atoms with Gasteiger partial charge in [0.25, 0.3) is 0 Å². The molecule has 2 aliphatic carbocycles. The lowest BCUT2D eigenvalue weighted by atomic mass is 9.63. The fourth-order valence-corrected chi connectivity index (χ4v) is 5.24. The molecule has 0 aromatic rings. The number of carbonyl (C=O) groups is 2. The largest absolute Gasteiger partial charge is 0.478 e. The maximum absolute atomic E-state index is 14.7. The highest BCUT2D eigenvalue weighted by Gasteiger charge is 2.60. The third kappa shape index (κ3) is 4.37. The van der Waals surface area contributed by atoms with E-state index in [2.05, 4.69) is 25.8 Å². The van der Waals surface area contributed by atoms with Gasteiger partial charge < -0.3 is 25.0 Å². The Morgan fingerprint density at radius 2 is 1.77 bits per heavy atom. The normalized spacial score (nSPS) is 30.3. The molecule has 2 heterocycles. The summed E-state index contributed by atoms with van der Waals surface area (Å²) in [7, 11) is 2.12. The van der Waals surface area contributed by atoms with Crippen LogP contribution in [0.1, 0.15) is 33.1 Å². The first-order valence-corrected chi connectivity index (χ1v) is 10.4. The van der Waals surface area contributed by atoms with Gasteiger partial charge in [-0.2, -0.15) is 0 Å². The van der Waals surface area contributed by atoms with Crippen LogP contribution in [0, 0.1) is 11.3 Å². The highest BCUT2D eigenvalue weighted by atomic mass is 19.1. The van der Waals surface area contributed by atoms with Crippen molar-refractivity contribution in [3.05, 3.63) is 46.9 Å². The standard InChI is InChI=1S/C19H26FNO2.C4H4O4/c1-18(2)11-14-15(20)10-12-6-9-23-17(12)16(14)19(18,22)13-4-7-21(3)8-5-13;5-3(6)1-2-4(7)8/h6,10,13,17,22H,4-5,7-9,11H2,1-3H3;1-2H,(H,5,6)(H,7,8)/b;2-1+. The van der Waals surface area contributed by atoms with Gasteiger partial charge in [-0.05, 0) is 62.5 Å². The summed E-state index contributed by atoms with van der Waals surface area (Å²) >= 11 is 0. The summed E-state index contributed by atoms with van der Waals surface area (Å²) in [6.07, 6.45) is 6.89. The molecule has 4 aliphatic rings. The number of allylic oxidation sites excluding steroid dienone is 2. The molecule has 0 aromatic carbocycles. The summed E-state index contributed by atoms with van der Waals surface area (Å²) in [5.74, 6) is -2.53. The Morgan fingerprint density at radius 1 is 1.19 bits per heavy atom. The second-order valence-corrected chi connectivity index (χ2v) is 9.22. The van der Waals surface area contributed by atoms with E-state index in [0.717, 1.165) is 37.1 Å². The number of hydrogen-bond acceptors (Lipinski definition) is 5. The van der Waals surface area contributed by atoms with E-state index in [1.807, 2.05) is 6.08 Å². The van der Waals surface area contributed by atoms with Crippen LogP contribution in [0.3, 0.4) is 0 Å². The van der Waals surface area contributed by atoms with Crippen LogP contribution in [-0.4, -0.2) is 70.6 Å². The molecule has 1 fully saturated rings. The molecule has 0 aromatic heterocycles. The topological polar surface area (TPSA) is 107 Å². The zero-order valence-corrected chi connectivity index (χ0v) is 18.1. The van der Waals surface area contributed by atoms with Crippen molar-refractivity contribution in [1.82, 2.24) is 4.90 Å². The van der Waals surface area contributed by atoms with E-state index in [1.54, 1.807) is 6.08 Å². The first-order valence-electron chi connectivity index (χ1n) is 10.4. The van der Waals surface area contributed by atoms with E-state index in [1.165, 1.54) is 0 Å². The van der Waals surface area contributed by atoms with Crippen LogP contribution in [0.2, 0.25) is 0 Å². The number of aliphatic hydroxyl groups is 1. The summed E-state index contributed by atoms with van der Waals surface area (Å²) < 4.78 is 20.6. The van der Waals surface area contributed by atoms with Gasteiger partial charge in [-0.3, -0.25) is 0 Å². The fraction of sp³-hybridized carbons (Fsp3) is 0.565. The number of aliphatic carboxylic acids is 2. The van der Waals surface area contributed by atoms with E-state index in [0.29, 0.717) is 30.8 Å². The Kier molecular flexibility index (Phi) is 6.55. The van der Waals surface area contributed by atoms with Crippen molar-refractivity contribution in [2.45, 2.75) is 44.8 Å². The molecule has 0 saturated carbocycles. The van der Waals surface area contributed by atoms with Crippen LogP contribution in [0.15, 0.2) is 46.9 Å². The highest BCUT2D eigenvalue weighted by Crippen LogP contribution is 2.60. The van der Waals surface area contributed by atoms with Crippen LogP contribution in [0.5, 0.6) is 0 Å². The minimum absolute atomic E-state index is 0.164. The van der Waals surface area contributed by atoms with E-state index >= 15 is 0 Å². The Morgan fingerprint density at radius 3 is 2.32 bits per heavy atom. The zero-order valence-electron chi connectivity index (χ0n) is 18.1. The maximum Gasteiger partial charge on any atom is 0.328 e. The van der Waals surface area contributed by atoms with Gasteiger partial charge in [-0.15, -0.1) is 0 Å². The fourth-order valence-electron chi connectivity index (χ4n) is 5.24. The molecule has 2 unspecified atom stereocenters. The molecule has 4 rings (SSSR count). The molecular weight excluding hydrogens is 405 g/mol. The van der Waals surface area contributed by atoms with Gasteiger partial charge in [0.2, 0.25) is 0 Å². The molecule has 0 amide bonds. The molecule has 0 spiro atoms. The number of likely N-dealkylation sites (tertiary alicyclic amines) is 1. The smallest absolute Gasteiger partial charge is 0.328 e. The van der Waals surface area contributed by atoms with Crippen molar-refractivity contribution in [3.8, 4) is 0 Å². The second kappa shape index (κ2) is 8.68. The molecule has 3 N–H and O–H groups in total. The van der Waals surface area contributed by atoms with Crippen molar-refractivity contribution in [3.63, 3.8) is 0 Å². The van der Waals surface area contributed by atoms with Gasteiger partial charge in [0.1, 0.15) is 11.9 Å². The Labute approximate surface area is 181 Å². The van der Waals surface area contributed by atoms with Gasteiger partial charge >= 0.3 is 11.9 Å². The van der Waals surface area contributed by atoms with E-state index < -0.39 is 17.5 Å². The quantitative estimate of drug-likeness (QED) is 0.585. The Balaban J connectivity index is 0.000000293. The van der Waals surface area contributed by atoms with Crippen molar-refractivity contribution in [2.75, 3.05) is 26.7 Å². The van der Waals surface area contributed by atoms with Crippen LogP contribution in [0.4, 0.5) is 4.39 Å². The van der Waals surface area contributed by atoms with Gasteiger partial charge in [-0.25, -0.2) is 14.0 Å². The third-order valence-electron chi connectivity index (χ3n) is 6.79. The number of halogens is 1. The van der Waals surface area contributed by atoms with Gasteiger partial charge in [0.15, 0.2) is 0 Å². The Hall–Kier alpha value is -2.29. The number of rotatable bonds is 3. The monoisotopic (exact) mass is 435 g/mol. The first kappa shape index (κ1) is 23.4. The van der Waals surface area contributed by atoms with Gasteiger partial charge in [0, 0.05) is 23.1 Å². The van der Waals surface area contributed by atoms with E-state index in [4.69, 9.17) is 14.9 Å². The number of nitrogens with zero attached hydrogens (tertiary/aromatic N) is 1. The third-order valence-corrected chi connectivity index (χ3v) is 6.79. The average molecular weight is 435 g/mol. The van der Waals surface area contributed by atoms with E-state index in [-0.39, 0.29) is 23.3 Å². The number of fused-ring (bicyclic) bond motifs is 2. The second-order valence-electron chi connectivity index (χ2n) is 9.22. The SMILES string of the molecule is CN1CCC(C2(O)C3=C(CC2(C)C)C(F)=CC2=CCOC23)CC1.O=C(O)/C=C/C(=O)O. The number of ether oxygens (including phenoxy) is 1. The minimum atomic E-state index is -1.26. The summed E-state index contributed by atoms with van der Waals surface area (Å²) in [6.45, 7) is 6.63.